The molecule has 3 aliphatic heterocycles. The summed E-state index contributed by atoms with van der Waals surface area (Å²) in [7, 11) is 3.05. The van der Waals surface area contributed by atoms with Gasteiger partial charge in [0.1, 0.15) is 30.2 Å². The van der Waals surface area contributed by atoms with Crippen molar-refractivity contribution in [3.05, 3.63) is 36.0 Å². The van der Waals surface area contributed by atoms with Crippen LogP contribution in [0.4, 0.5) is 4.39 Å². The minimum Gasteiger partial charge on any atom is -0.456 e. The summed E-state index contributed by atoms with van der Waals surface area (Å²) in [5, 5.41) is 23.6. The molecule has 310 valence electrons. The molecule has 4 rings (SSSR count). The summed E-state index contributed by atoms with van der Waals surface area (Å²) in [6, 6.07) is -1.13. The number of fused-ring (bicyclic) bond motifs is 3. The molecule has 3 heterocycles. The Kier molecular flexibility index (Phi) is 16.4. The van der Waals surface area contributed by atoms with Gasteiger partial charge in [-0.3, -0.25) is 14.4 Å². The number of aliphatic hydroxyl groups excluding tert-OH is 1. The smallest absolute Gasteiger partial charge is 0.329 e. The summed E-state index contributed by atoms with van der Waals surface area (Å²) in [4.78, 5) is 57.5. The van der Waals surface area contributed by atoms with E-state index in [9.17, 15) is 33.8 Å². The highest BCUT2D eigenvalue weighted by atomic mass is 19.1. The molecule has 4 aliphatic rings. The molecule has 55 heavy (non-hydrogen) atoms. The Morgan fingerprint density at radius 2 is 1.67 bits per heavy atom. The van der Waals surface area contributed by atoms with E-state index in [2.05, 4.69) is 6.58 Å². The highest BCUT2D eigenvalue weighted by Gasteiger charge is 2.56. The highest BCUT2D eigenvalue weighted by Crippen LogP contribution is 2.39. The number of aliphatic hydroxyl groups is 2. The van der Waals surface area contributed by atoms with Crippen LogP contribution in [0.25, 0.3) is 0 Å². The van der Waals surface area contributed by atoms with Crippen LogP contribution in [0.3, 0.4) is 0 Å². The number of nitrogens with zero attached hydrogens (tertiary/aromatic N) is 1. The normalized spacial score (nSPS) is 40.7. The second-order valence-corrected chi connectivity index (χ2v) is 16.9. The number of ketones is 2. The van der Waals surface area contributed by atoms with Crippen LogP contribution in [-0.2, 0) is 38.1 Å². The van der Waals surface area contributed by atoms with Gasteiger partial charge in [-0.2, -0.15) is 0 Å². The summed E-state index contributed by atoms with van der Waals surface area (Å²) in [6.45, 7) is 13.1. The Balaban J connectivity index is 1.77. The molecule has 0 spiro atoms. The molecule has 11 nitrogen and oxygen atoms in total. The van der Waals surface area contributed by atoms with Gasteiger partial charge in [-0.25, -0.2) is 9.18 Å². The van der Waals surface area contributed by atoms with E-state index >= 15 is 0 Å². The number of hydrogen-bond acceptors (Lipinski definition) is 10. The molecule has 11 atom stereocenters. The molecule has 3 fully saturated rings. The zero-order valence-corrected chi connectivity index (χ0v) is 34.0. The number of amides is 1. The lowest BCUT2D eigenvalue weighted by atomic mass is 9.82. The number of alkyl halides is 1. The quantitative estimate of drug-likeness (QED) is 0.187. The Morgan fingerprint density at radius 1 is 1.02 bits per heavy atom. The van der Waals surface area contributed by atoms with Gasteiger partial charge in [-0.15, -0.1) is 6.58 Å². The molecule has 2 saturated heterocycles. The van der Waals surface area contributed by atoms with Crippen LogP contribution in [0.2, 0.25) is 0 Å². The predicted octanol–water partition coefficient (Wildman–Crippen LogP) is 5.99. The summed E-state index contributed by atoms with van der Waals surface area (Å²) in [5.74, 6) is -7.66. The molecule has 1 amide bonds. The minimum absolute atomic E-state index is 0.0130. The Morgan fingerprint density at radius 3 is 2.31 bits per heavy atom. The first-order chi connectivity index (χ1) is 26.0. The third-order valence-electron chi connectivity index (χ3n) is 12.5. The summed E-state index contributed by atoms with van der Waals surface area (Å²) >= 11 is 0. The number of ether oxygens (including phenoxy) is 4. The number of carbonyl (C=O) groups is 4. The number of methoxy groups -OCH3 is 2. The van der Waals surface area contributed by atoms with Crippen molar-refractivity contribution < 1.29 is 52.7 Å². The largest absolute Gasteiger partial charge is 0.456 e. The lowest BCUT2D eigenvalue weighted by Crippen LogP contribution is -2.64. The Bertz CT molecular complexity index is 1420. The number of rotatable bonds is 6. The summed E-state index contributed by atoms with van der Waals surface area (Å²) < 4.78 is 38.1. The van der Waals surface area contributed by atoms with E-state index in [1.165, 1.54) is 19.1 Å². The highest BCUT2D eigenvalue weighted by molar-refractivity contribution is 6.39. The first-order valence-electron chi connectivity index (χ1n) is 20.4. The average Bonchev–Trinajstić information content (AvgIpc) is 3.16. The average molecular weight is 776 g/mol. The first kappa shape index (κ1) is 44.9. The lowest BCUT2D eigenvalue weighted by molar-refractivity contribution is -0.302. The van der Waals surface area contributed by atoms with E-state index < -0.39 is 83.9 Å². The van der Waals surface area contributed by atoms with Gasteiger partial charge in [0.15, 0.2) is 0 Å². The molecule has 1 aliphatic carbocycles. The first-order valence-corrected chi connectivity index (χ1v) is 20.4. The van der Waals surface area contributed by atoms with Crippen LogP contribution in [0.15, 0.2) is 36.0 Å². The molecular formula is C43H66FNO10. The maximum Gasteiger partial charge on any atom is 0.329 e. The minimum atomic E-state index is -2.51. The monoisotopic (exact) mass is 775 g/mol. The number of Topliss-reactive ketones (excluding diaryl/α,β-unsaturated/α-hetero) is 2. The van der Waals surface area contributed by atoms with Crippen LogP contribution in [0.5, 0.6) is 0 Å². The van der Waals surface area contributed by atoms with E-state index in [1.807, 2.05) is 26.0 Å². The van der Waals surface area contributed by atoms with Crippen molar-refractivity contribution >= 4 is 23.4 Å². The molecule has 0 aromatic heterocycles. The second-order valence-electron chi connectivity index (χ2n) is 16.9. The van der Waals surface area contributed by atoms with E-state index in [0.717, 1.165) is 5.57 Å². The van der Waals surface area contributed by atoms with Gasteiger partial charge < -0.3 is 34.1 Å². The van der Waals surface area contributed by atoms with Gasteiger partial charge in [0.25, 0.3) is 11.7 Å². The number of piperidine rings is 1. The third kappa shape index (κ3) is 11.0. The summed E-state index contributed by atoms with van der Waals surface area (Å²) in [6.07, 6.45) is 5.47. The zero-order chi connectivity index (χ0) is 40.6. The van der Waals surface area contributed by atoms with E-state index in [1.54, 1.807) is 26.8 Å². The van der Waals surface area contributed by atoms with Gasteiger partial charge in [-0.1, -0.05) is 44.6 Å². The van der Waals surface area contributed by atoms with Gasteiger partial charge >= 0.3 is 5.97 Å². The van der Waals surface area contributed by atoms with Crippen LogP contribution >= 0.6 is 0 Å². The molecule has 2 N–H and O–H groups in total. The van der Waals surface area contributed by atoms with Crippen molar-refractivity contribution in [2.75, 3.05) is 20.8 Å². The Hall–Kier alpha value is -2.77. The standard InChI is InChI=1S/C43H66FNO10/c1-9-12-31-20-25(2)19-26(3)21-36(52-7)39-37(53-8)23-28(5)43(51,55-39)40(48)41(49)45-18-11-10-13-33(45)42(50)54-38(29(6)34(46)24-35(31)47)27(4)22-30-14-16-32(44)17-15-30/h9,20,22,26,28-34,36-39,46,51H,1,10-19,21,23-24H2,2-8H3/b25-20+,27-22+/t26-,28+,29+,30?,31+,32?,33-,34-,36-,37-,38+,39+,43+/m0/s1. The van der Waals surface area contributed by atoms with Crippen LogP contribution in [0, 0.1) is 29.6 Å². The molecule has 0 radical (unpaired) electrons. The van der Waals surface area contributed by atoms with Gasteiger partial charge in [0.05, 0.1) is 18.3 Å². The SMILES string of the molecule is C=CC[C@@H]1/C=C(\C)C[C@H](C)C[C@H](OC)[C@H]2O[C@@](O)(C(=O)C(=O)N3CCCC[C@H]3C(=O)O[C@H](/C(C)=C/C3CCC(F)CC3)[C@H](C)[C@@H](O)CC1=O)[C@H](C)C[C@@H]2OC. The van der Waals surface area contributed by atoms with Crippen molar-refractivity contribution in [2.45, 2.75) is 160 Å². The third-order valence-corrected chi connectivity index (χ3v) is 12.5. The van der Waals surface area contributed by atoms with E-state index in [4.69, 9.17) is 18.9 Å². The maximum absolute atomic E-state index is 14.2. The Labute approximate surface area is 327 Å². The van der Waals surface area contributed by atoms with Crippen LogP contribution < -0.4 is 0 Å². The van der Waals surface area contributed by atoms with Gasteiger partial charge in [0, 0.05) is 44.9 Å². The van der Waals surface area contributed by atoms with E-state index in [0.29, 0.717) is 63.4 Å². The number of cyclic esters (lactones) is 1. The number of allylic oxidation sites excluding steroid dienone is 4. The second kappa shape index (κ2) is 20.1. The molecule has 0 unspecified atom stereocenters. The molecule has 2 bridgehead atoms. The van der Waals surface area contributed by atoms with Crippen molar-refractivity contribution in [3.8, 4) is 0 Å². The van der Waals surface area contributed by atoms with Gasteiger partial charge in [-0.05, 0) is 102 Å². The lowest BCUT2D eigenvalue weighted by Gasteiger charge is -2.47. The molecule has 1 saturated carbocycles. The van der Waals surface area contributed by atoms with Gasteiger partial charge in [0.2, 0.25) is 5.79 Å². The van der Waals surface area contributed by atoms with Crippen molar-refractivity contribution in [2.24, 2.45) is 29.6 Å². The number of hydrogen-bond donors (Lipinski definition) is 2. The fraction of sp³-hybridized carbons (Fsp3) is 0.767. The van der Waals surface area contributed by atoms with Crippen LogP contribution in [0.1, 0.15) is 112 Å². The molecule has 12 heteroatoms. The molecule has 0 aromatic rings. The summed E-state index contributed by atoms with van der Waals surface area (Å²) in [5.41, 5.74) is 1.62. The predicted molar refractivity (Wildman–Crippen MR) is 205 cm³/mol. The zero-order valence-electron chi connectivity index (χ0n) is 34.0. The number of halogens is 1. The van der Waals surface area contributed by atoms with Crippen molar-refractivity contribution in [1.82, 2.24) is 4.90 Å². The topological polar surface area (TPSA) is 149 Å². The molecular weight excluding hydrogens is 709 g/mol. The fourth-order valence-electron chi connectivity index (χ4n) is 9.12. The fourth-order valence-corrected chi connectivity index (χ4v) is 9.12. The number of esters is 1. The van der Waals surface area contributed by atoms with Crippen molar-refractivity contribution in [3.63, 3.8) is 0 Å². The van der Waals surface area contributed by atoms with Crippen LogP contribution in [-0.4, -0.2) is 108 Å². The maximum atomic E-state index is 14.2. The molecule has 0 aromatic carbocycles. The number of carbonyl (C=O) groups excluding carboxylic acids is 4. The van der Waals surface area contributed by atoms with E-state index in [-0.39, 0.29) is 43.4 Å². The van der Waals surface area contributed by atoms with Crippen molar-refractivity contribution in [1.29, 1.82) is 0 Å².